The molecule has 4 nitrogen and oxygen atoms in total. The zero-order chi connectivity index (χ0) is 16.2. The summed E-state index contributed by atoms with van der Waals surface area (Å²) >= 11 is 0. The second kappa shape index (κ2) is 6.47. The van der Waals surface area contributed by atoms with Gasteiger partial charge in [-0.3, -0.25) is 0 Å². The molecule has 0 radical (unpaired) electrons. The predicted molar refractivity (Wildman–Crippen MR) is 79.5 cm³/mol. The first-order valence-corrected chi connectivity index (χ1v) is 6.76. The van der Waals surface area contributed by atoms with Gasteiger partial charge in [-0.05, 0) is 55.8 Å². The molecule has 0 fully saturated rings. The number of hydrogen-bond acceptors (Lipinski definition) is 3. The highest BCUT2D eigenvalue weighted by Crippen LogP contribution is 2.20. The minimum Gasteiger partial charge on any atom is -0.489 e. The summed E-state index contributed by atoms with van der Waals surface area (Å²) in [5, 5.41) is 9.02. The summed E-state index contributed by atoms with van der Waals surface area (Å²) in [6.07, 6.45) is 0. The summed E-state index contributed by atoms with van der Waals surface area (Å²) in [5.41, 5.74) is -0.392. The number of ether oxygens (including phenoxy) is 2. The van der Waals surface area contributed by atoms with E-state index in [1.165, 1.54) is 26.0 Å². The Labute approximate surface area is 128 Å². The monoisotopic (exact) mass is 304 g/mol. The van der Waals surface area contributed by atoms with Crippen molar-refractivity contribution < 1.29 is 23.8 Å². The van der Waals surface area contributed by atoms with E-state index >= 15 is 0 Å². The summed E-state index contributed by atoms with van der Waals surface area (Å²) in [5.74, 6) is -0.294. The van der Waals surface area contributed by atoms with Crippen LogP contribution in [0.5, 0.6) is 11.5 Å². The van der Waals surface area contributed by atoms with Crippen molar-refractivity contribution in [2.24, 2.45) is 0 Å². The van der Waals surface area contributed by atoms with Gasteiger partial charge in [0.1, 0.15) is 23.9 Å². The smallest absolute Gasteiger partial charge is 0.347 e. The Morgan fingerprint density at radius 2 is 1.59 bits per heavy atom. The number of aliphatic carboxylic acids is 1. The molecule has 2 aromatic carbocycles. The van der Waals surface area contributed by atoms with Crippen molar-refractivity contribution >= 4 is 5.97 Å². The van der Waals surface area contributed by atoms with Crippen LogP contribution < -0.4 is 9.47 Å². The van der Waals surface area contributed by atoms with Crippen molar-refractivity contribution in [3.8, 4) is 11.5 Å². The van der Waals surface area contributed by atoms with Crippen LogP contribution in [0, 0.1) is 5.82 Å². The summed E-state index contributed by atoms with van der Waals surface area (Å²) in [6, 6.07) is 12.7. The van der Waals surface area contributed by atoms with Crippen LogP contribution in [-0.2, 0) is 11.4 Å². The van der Waals surface area contributed by atoms with Crippen molar-refractivity contribution in [2.75, 3.05) is 0 Å². The second-order valence-electron chi connectivity index (χ2n) is 5.30. The third kappa shape index (κ3) is 4.22. The molecule has 116 valence electrons. The number of benzene rings is 2. The van der Waals surface area contributed by atoms with E-state index in [9.17, 15) is 9.18 Å². The van der Waals surface area contributed by atoms with E-state index in [0.717, 1.165) is 5.56 Å². The van der Waals surface area contributed by atoms with Crippen molar-refractivity contribution in [3.63, 3.8) is 0 Å². The molecule has 0 aliphatic carbocycles. The summed E-state index contributed by atoms with van der Waals surface area (Å²) in [7, 11) is 0. The maximum Gasteiger partial charge on any atom is 0.347 e. The van der Waals surface area contributed by atoms with Crippen LogP contribution in [0.15, 0.2) is 48.5 Å². The molecule has 0 aromatic heterocycles. The number of carboxylic acids is 1. The molecular formula is C17H17FO4. The van der Waals surface area contributed by atoms with Crippen LogP contribution in [0.1, 0.15) is 19.4 Å². The predicted octanol–water partition coefficient (Wildman–Crippen LogP) is 3.65. The highest BCUT2D eigenvalue weighted by molar-refractivity contribution is 5.76. The minimum absolute atomic E-state index is 0.310. The average molecular weight is 304 g/mol. The lowest BCUT2D eigenvalue weighted by Crippen LogP contribution is -2.37. The maximum absolute atomic E-state index is 12.8. The lowest BCUT2D eigenvalue weighted by Gasteiger charge is -2.21. The van der Waals surface area contributed by atoms with E-state index in [4.69, 9.17) is 14.6 Å². The van der Waals surface area contributed by atoms with E-state index in [1.807, 2.05) is 0 Å². The van der Waals surface area contributed by atoms with E-state index in [1.54, 1.807) is 36.4 Å². The maximum atomic E-state index is 12.8. The standard InChI is InChI=1S/C17H17FO4/c1-17(2,16(19)20)22-15-7-3-12(4-8-15)11-21-14-9-5-13(18)6-10-14/h3-10H,11H2,1-2H3,(H,19,20). The molecule has 0 aliphatic rings. The number of carboxylic acid groups (broad SMARTS) is 1. The van der Waals surface area contributed by atoms with Crippen molar-refractivity contribution in [1.29, 1.82) is 0 Å². The quantitative estimate of drug-likeness (QED) is 0.885. The number of hydrogen-bond donors (Lipinski definition) is 1. The minimum atomic E-state index is -1.29. The van der Waals surface area contributed by atoms with Gasteiger partial charge in [0.2, 0.25) is 0 Å². The highest BCUT2D eigenvalue weighted by Gasteiger charge is 2.29. The Morgan fingerprint density at radius 3 is 2.14 bits per heavy atom. The highest BCUT2D eigenvalue weighted by atomic mass is 19.1. The van der Waals surface area contributed by atoms with Gasteiger partial charge in [-0.25, -0.2) is 9.18 Å². The Kier molecular flexibility index (Phi) is 4.65. The molecule has 0 unspecified atom stereocenters. The molecule has 0 saturated carbocycles. The lowest BCUT2D eigenvalue weighted by atomic mass is 10.1. The molecule has 22 heavy (non-hydrogen) atoms. The lowest BCUT2D eigenvalue weighted by molar-refractivity contribution is -0.152. The fourth-order valence-corrected chi connectivity index (χ4v) is 1.69. The molecule has 5 heteroatoms. The van der Waals surface area contributed by atoms with Gasteiger partial charge in [-0.1, -0.05) is 12.1 Å². The van der Waals surface area contributed by atoms with Gasteiger partial charge < -0.3 is 14.6 Å². The van der Waals surface area contributed by atoms with Crippen LogP contribution in [0.3, 0.4) is 0 Å². The van der Waals surface area contributed by atoms with Gasteiger partial charge in [0.15, 0.2) is 5.60 Å². The topological polar surface area (TPSA) is 55.8 Å². The van der Waals surface area contributed by atoms with Gasteiger partial charge in [0.25, 0.3) is 0 Å². The average Bonchev–Trinajstić information content (AvgIpc) is 2.48. The van der Waals surface area contributed by atoms with Gasteiger partial charge in [0.05, 0.1) is 0 Å². The SMILES string of the molecule is CC(C)(Oc1ccc(COc2ccc(F)cc2)cc1)C(=O)O. The summed E-state index contributed by atoms with van der Waals surface area (Å²) in [6.45, 7) is 3.30. The van der Waals surface area contributed by atoms with Crippen LogP contribution in [0.2, 0.25) is 0 Å². The molecular weight excluding hydrogens is 287 g/mol. The Morgan fingerprint density at radius 1 is 1.05 bits per heavy atom. The van der Waals surface area contributed by atoms with Gasteiger partial charge in [-0.2, -0.15) is 0 Å². The van der Waals surface area contributed by atoms with Crippen molar-refractivity contribution in [1.82, 2.24) is 0 Å². The Hall–Kier alpha value is -2.56. The summed E-state index contributed by atoms with van der Waals surface area (Å²) in [4.78, 5) is 11.0. The molecule has 0 heterocycles. The van der Waals surface area contributed by atoms with E-state index < -0.39 is 11.6 Å². The van der Waals surface area contributed by atoms with E-state index in [0.29, 0.717) is 18.1 Å². The fourth-order valence-electron chi connectivity index (χ4n) is 1.69. The zero-order valence-electron chi connectivity index (χ0n) is 12.4. The van der Waals surface area contributed by atoms with Crippen LogP contribution >= 0.6 is 0 Å². The fraction of sp³-hybridized carbons (Fsp3) is 0.235. The van der Waals surface area contributed by atoms with Crippen molar-refractivity contribution in [2.45, 2.75) is 26.1 Å². The zero-order valence-corrected chi connectivity index (χ0v) is 12.4. The molecule has 0 aliphatic heterocycles. The first-order chi connectivity index (χ1) is 10.4. The number of halogens is 1. The number of carbonyl (C=O) groups is 1. The molecule has 0 spiro atoms. The number of rotatable bonds is 6. The molecule has 2 aromatic rings. The van der Waals surface area contributed by atoms with E-state index in [-0.39, 0.29) is 5.82 Å². The molecule has 2 rings (SSSR count). The van der Waals surface area contributed by atoms with Crippen LogP contribution in [-0.4, -0.2) is 16.7 Å². The molecule has 0 saturated heterocycles. The van der Waals surface area contributed by atoms with Gasteiger partial charge in [0, 0.05) is 0 Å². The molecule has 0 bridgehead atoms. The first kappa shape index (κ1) is 15.8. The van der Waals surface area contributed by atoms with Crippen LogP contribution in [0.4, 0.5) is 4.39 Å². The molecule has 1 N–H and O–H groups in total. The Balaban J connectivity index is 1.94. The normalized spacial score (nSPS) is 11.0. The molecule has 0 amide bonds. The summed E-state index contributed by atoms with van der Waals surface area (Å²) < 4.78 is 23.7. The third-order valence-corrected chi connectivity index (χ3v) is 3.03. The van der Waals surface area contributed by atoms with Gasteiger partial charge >= 0.3 is 5.97 Å². The van der Waals surface area contributed by atoms with E-state index in [2.05, 4.69) is 0 Å². The third-order valence-electron chi connectivity index (χ3n) is 3.03. The van der Waals surface area contributed by atoms with Crippen LogP contribution in [0.25, 0.3) is 0 Å². The second-order valence-corrected chi connectivity index (χ2v) is 5.30. The molecule has 0 atom stereocenters. The van der Waals surface area contributed by atoms with Gasteiger partial charge in [-0.15, -0.1) is 0 Å². The van der Waals surface area contributed by atoms with Crippen molar-refractivity contribution in [3.05, 3.63) is 59.9 Å². The largest absolute Gasteiger partial charge is 0.489 e. The first-order valence-electron chi connectivity index (χ1n) is 6.76. The Bertz CT molecular complexity index is 633.